The van der Waals surface area contributed by atoms with Crippen molar-refractivity contribution in [1.82, 2.24) is 34.8 Å². The van der Waals surface area contributed by atoms with E-state index < -0.39 is 51.5 Å². The Hall–Kier alpha value is -7.34. The zero-order valence-corrected chi connectivity index (χ0v) is 37.6. The third-order valence-electron chi connectivity index (χ3n) is 10.2. The van der Waals surface area contributed by atoms with E-state index in [2.05, 4.69) is 36.6 Å². The van der Waals surface area contributed by atoms with Crippen LogP contribution in [-0.2, 0) is 38.7 Å². The van der Waals surface area contributed by atoms with Crippen LogP contribution in [0.2, 0.25) is 0 Å². The second-order valence-electron chi connectivity index (χ2n) is 15.0. The van der Waals surface area contributed by atoms with Crippen LogP contribution in [0.1, 0.15) is 50.3 Å². The first-order chi connectivity index (χ1) is 32.2. The Balaban J connectivity index is 0.756. The summed E-state index contributed by atoms with van der Waals surface area (Å²) in [6, 6.07) is 16.3. The quantitative estimate of drug-likeness (QED) is 0.0492. The van der Waals surface area contributed by atoms with Crippen molar-refractivity contribution in [3.63, 3.8) is 0 Å². The van der Waals surface area contributed by atoms with Crippen LogP contribution in [0.5, 0.6) is 5.88 Å². The SMILES string of the molecule is CS(=O)(=O)n1ccc(C(=O)NCC(=O)Nc2nc(-c3cccc(-c4ccnc(OCCNC(=O)CCOCCOCCNc5cccc6c5C(=O)N(C5CCC(=O)NC5=O)C6=O)c4)c3)cs2)c1. The van der Waals surface area contributed by atoms with Crippen molar-refractivity contribution in [2.24, 2.45) is 0 Å². The van der Waals surface area contributed by atoms with Crippen molar-refractivity contribution in [1.29, 1.82) is 0 Å². The normalized spacial score (nSPS) is 14.6. The van der Waals surface area contributed by atoms with Crippen LogP contribution in [0.25, 0.3) is 22.4 Å². The number of imide groups is 2. The van der Waals surface area contributed by atoms with Gasteiger partial charge < -0.3 is 35.5 Å². The van der Waals surface area contributed by atoms with E-state index in [0.717, 1.165) is 31.8 Å². The zero-order chi connectivity index (χ0) is 47.5. The summed E-state index contributed by atoms with van der Waals surface area (Å²) in [5.74, 6) is -3.26. The van der Waals surface area contributed by atoms with Crippen LogP contribution in [0.15, 0.2) is 84.6 Å². The van der Waals surface area contributed by atoms with Gasteiger partial charge in [0.25, 0.3) is 17.7 Å². The topological polar surface area (TPSA) is 275 Å². The van der Waals surface area contributed by atoms with Crippen molar-refractivity contribution in [3.8, 4) is 28.3 Å². The summed E-state index contributed by atoms with van der Waals surface area (Å²) in [4.78, 5) is 97.2. The predicted molar refractivity (Wildman–Crippen MR) is 243 cm³/mol. The van der Waals surface area contributed by atoms with Gasteiger partial charge in [0, 0.05) is 60.7 Å². The number of anilines is 2. The van der Waals surface area contributed by atoms with Crippen LogP contribution in [0, 0.1) is 0 Å². The van der Waals surface area contributed by atoms with Gasteiger partial charge in [0.1, 0.15) is 12.6 Å². The molecule has 1 fully saturated rings. The maximum atomic E-state index is 13.2. The Morgan fingerprint density at radius 2 is 1.64 bits per heavy atom. The molecule has 5 N–H and O–H groups in total. The largest absolute Gasteiger partial charge is 0.476 e. The molecule has 2 aliphatic heterocycles. The number of nitrogens with one attached hydrogen (secondary N) is 5. The highest BCUT2D eigenvalue weighted by Crippen LogP contribution is 2.33. The fourth-order valence-electron chi connectivity index (χ4n) is 6.97. The summed E-state index contributed by atoms with van der Waals surface area (Å²) >= 11 is 1.21. The van der Waals surface area contributed by atoms with E-state index in [4.69, 9.17) is 14.2 Å². The number of hydrogen-bond donors (Lipinski definition) is 5. The molecule has 1 atom stereocenters. The van der Waals surface area contributed by atoms with Gasteiger partial charge in [0.05, 0.1) is 68.2 Å². The fourth-order valence-corrected chi connectivity index (χ4v) is 8.30. The van der Waals surface area contributed by atoms with E-state index in [-0.39, 0.29) is 88.0 Å². The third kappa shape index (κ3) is 12.3. The minimum atomic E-state index is -3.54. The molecule has 350 valence electrons. The molecule has 21 nitrogen and oxygen atoms in total. The zero-order valence-electron chi connectivity index (χ0n) is 35.9. The van der Waals surface area contributed by atoms with Gasteiger partial charge in [-0.2, -0.15) is 0 Å². The lowest BCUT2D eigenvalue weighted by Crippen LogP contribution is -2.54. The van der Waals surface area contributed by atoms with Gasteiger partial charge in [-0.05, 0) is 47.9 Å². The standard InChI is InChI=1S/C44H45N9O12S2/c1-67(61,62)52-16-11-30(25-52)40(57)48-24-37(56)51-44-49-33(26-66-44)29-5-2-4-27(22-29)28-10-13-47-38(23-28)65-19-15-46-35(54)12-17-63-20-21-64-18-14-45-32-7-3-6-31-39(32)43(60)53(42(31)59)34-8-9-36(55)50-41(34)58/h2-7,10-11,13,16,22-23,25-26,34,45H,8-9,12,14-15,17-21,24H2,1H3,(H,46,54)(H,48,57)(H,49,51,56)(H,50,55,58). The van der Waals surface area contributed by atoms with Gasteiger partial charge in [-0.25, -0.2) is 18.4 Å². The minimum absolute atomic E-state index is 0.0357. The lowest BCUT2D eigenvalue weighted by Gasteiger charge is -2.27. The molecule has 0 spiro atoms. The van der Waals surface area contributed by atoms with E-state index in [0.29, 0.717) is 28.9 Å². The number of amides is 7. The number of carbonyl (C=O) groups excluding carboxylic acids is 7. The highest BCUT2D eigenvalue weighted by molar-refractivity contribution is 7.89. The van der Waals surface area contributed by atoms with Gasteiger partial charge in [-0.1, -0.05) is 24.3 Å². The molecule has 7 rings (SSSR count). The molecule has 2 aliphatic rings. The van der Waals surface area contributed by atoms with Crippen LogP contribution in [0.3, 0.4) is 0 Å². The summed E-state index contributed by atoms with van der Waals surface area (Å²) < 4.78 is 41.1. The molecule has 0 radical (unpaired) electrons. The summed E-state index contributed by atoms with van der Waals surface area (Å²) in [7, 11) is -3.54. The predicted octanol–water partition coefficient (Wildman–Crippen LogP) is 2.28. The maximum absolute atomic E-state index is 13.2. The lowest BCUT2D eigenvalue weighted by atomic mass is 10.0. The van der Waals surface area contributed by atoms with Crippen LogP contribution in [0.4, 0.5) is 10.8 Å². The van der Waals surface area contributed by atoms with Crippen LogP contribution >= 0.6 is 11.3 Å². The fraction of sp³-hybridized carbons (Fsp3) is 0.295. The number of hydrogen-bond acceptors (Lipinski definition) is 16. The molecule has 67 heavy (non-hydrogen) atoms. The first kappa shape index (κ1) is 47.6. The van der Waals surface area contributed by atoms with E-state index in [1.807, 2.05) is 30.3 Å². The van der Waals surface area contributed by atoms with Gasteiger partial charge in [-0.15, -0.1) is 11.3 Å². The summed E-state index contributed by atoms with van der Waals surface area (Å²) in [5, 5.41) is 15.3. The smallest absolute Gasteiger partial charge is 0.264 e. The molecule has 0 bridgehead atoms. The van der Waals surface area contributed by atoms with Gasteiger partial charge >= 0.3 is 0 Å². The molecule has 1 unspecified atom stereocenters. The highest BCUT2D eigenvalue weighted by Gasteiger charge is 2.45. The van der Waals surface area contributed by atoms with Crippen LogP contribution in [-0.4, -0.2) is 134 Å². The number of nitrogens with zero attached hydrogens (tertiary/aromatic N) is 4. The molecule has 2 aromatic carbocycles. The molecule has 23 heteroatoms. The first-order valence-electron chi connectivity index (χ1n) is 20.9. The number of piperidine rings is 1. The number of carbonyl (C=O) groups is 7. The first-order valence-corrected chi connectivity index (χ1v) is 23.6. The minimum Gasteiger partial charge on any atom is -0.476 e. The number of pyridine rings is 1. The number of rotatable bonds is 22. The monoisotopic (exact) mass is 955 g/mol. The Morgan fingerprint density at radius 3 is 2.43 bits per heavy atom. The summed E-state index contributed by atoms with van der Waals surface area (Å²) in [5.41, 5.74) is 3.97. The second-order valence-corrected chi connectivity index (χ2v) is 17.7. The van der Waals surface area contributed by atoms with Crippen molar-refractivity contribution in [2.75, 3.05) is 69.6 Å². The second kappa shape index (κ2) is 21.8. The Bertz CT molecular complexity index is 2810. The molecular formula is C44H45N9O12S2. The molecule has 0 saturated carbocycles. The number of fused-ring (bicyclic) bond motifs is 1. The van der Waals surface area contributed by atoms with Gasteiger partial charge in [0.15, 0.2) is 5.13 Å². The van der Waals surface area contributed by atoms with E-state index in [9.17, 15) is 42.0 Å². The van der Waals surface area contributed by atoms with Crippen LogP contribution < -0.4 is 31.3 Å². The highest BCUT2D eigenvalue weighted by atomic mass is 32.2. The van der Waals surface area contributed by atoms with Crippen molar-refractivity contribution >= 4 is 73.5 Å². The van der Waals surface area contributed by atoms with E-state index in [1.165, 1.54) is 35.9 Å². The van der Waals surface area contributed by atoms with Crippen molar-refractivity contribution in [2.45, 2.75) is 25.3 Å². The average Bonchev–Trinajstić information content (AvgIpc) is 4.06. The van der Waals surface area contributed by atoms with E-state index in [1.54, 1.807) is 29.8 Å². The number of ether oxygens (including phenoxy) is 3. The lowest BCUT2D eigenvalue weighted by molar-refractivity contribution is -0.136. The summed E-state index contributed by atoms with van der Waals surface area (Å²) in [6.07, 6.45) is 5.27. The Morgan fingerprint density at radius 1 is 0.866 bits per heavy atom. The Kier molecular flexibility index (Phi) is 15.5. The maximum Gasteiger partial charge on any atom is 0.264 e. The van der Waals surface area contributed by atoms with Gasteiger partial charge in [0.2, 0.25) is 39.5 Å². The van der Waals surface area contributed by atoms with Gasteiger partial charge in [-0.3, -0.25) is 47.8 Å². The van der Waals surface area contributed by atoms with E-state index >= 15 is 0 Å². The number of aromatic nitrogens is 3. The molecular weight excluding hydrogens is 911 g/mol. The Labute approximate surface area is 387 Å². The molecule has 3 aromatic heterocycles. The average molecular weight is 956 g/mol. The molecule has 5 heterocycles. The van der Waals surface area contributed by atoms with Crippen molar-refractivity contribution in [3.05, 3.63) is 101 Å². The summed E-state index contributed by atoms with van der Waals surface area (Å²) in [6.45, 7) is 1.32. The molecule has 0 aliphatic carbocycles. The molecule has 5 aromatic rings. The molecule has 7 amide bonds. The third-order valence-corrected chi connectivity index (χ3v) is 12.0. The van der Waals surface area contributed by atoms with Crippen molar-refractivity contribution < 1.29 is 56.2 Å². The number of thiazole rings is 1. The number of benzene rings is 2. The molecule has 1 saturated heterocycles.